The summed E-state index contributed by atoms with van der Waals surface area (Å²) in [4.78, 5) is 10.5. The number of hydrogen-bond donors (Lipinski definition) is 1. The average Bonchev–Trinajstić information content (AvgIpc) is 2.39. The molecule has 1 fully saturated rings. The van der Waals surface area contributed by atoms with Gasteiger partial charge in [-0.3, -0.25) is 4.79 Å². The van der Waals surface area contributed by atoms with Gasteiger partial charge in [0.1, 0.15) is 5.78 Å². The Bertz CT molecular complexity index is 130. The van der Waals surface area contributed by atoms with Crippen molar-refractivity contribution in [1.82, 2.24) is 5.32 Å². The topological polar surface area (TPSA) is 38.3 Å². The number of Topliss-reactive ketones (excluding diaryl/α,β-unsaturated/α-hetero) is 1. The standard InChI is InChI=1S/C8H15NO2/c1-7(10)5-9-6-8-3-2-4-11-8/h8-9H,2-6H2,1H3. The smallest absolute Gasteiger partial charge is 0.143 e. The van der Waals surface area contributed by atoms with E-state index in [9.17, 15) is 4.79 Å². The first-order chi connectivity index (χ1) is 5.29. The predicted molar refractivity (Wildman–Crippen MR) is 42.5 cm³/mol. The van der Waals surface area contributed by atoms with Crippen LogP contribution in [0.15, 0.2) is 0 Å². The summed E-state index contributed by atoms with van der Waals surface area (Å²) >= 11 is 0. The molecule has 0 aromatic heterocycles. The summed E-state index contributed by atoms with van der Waals surface area (Å²) in [5, 5.41) is 3.05. The molecule has 1 rings (SSSR count). The highest BCUT2D eigenvalue weighted by atomic mass is 16.5. The molecular weight excluding hydrogens is 142 g/mol. The molecular formula is C8H15NO2. The van der Waals surface area contributed by atoms with E-state index in [0.717, 1.165) is 26.0 Å². The van der Waals surface area contributed by atoms with Gasteiger partial charge < -0.3 is 10.1 Å². The van der Waals surface area contributed by atoms with Gasteiger partial charge in [0.25, 0.3) is 0 Å². The first-order valence-electron chi connectivity index (χ1n) is 4.11. The number of rotatable bonds is 4. The molecule has 1 saturated heterocycles. The number of nitrogens with one attached hydrogen (secondary N) is 1. The largest absolute Gasteiger partial charge is 0.377 e. The molecule has 1 atom stereocenters. The Balaban J connectivity index is 1.98. The lowest BCUT2D eigenvalue weighted by Crippen LogP contribution is -2.29. The summed E-state index contributed by atoms with van der Waals surface area (Å²) in [5.41, 5.74) is 0. The third-order valence-corrected chi connectivity index (χ3v) is 1.77. The van der Waals surface area contributed by atoms with Gasteiger partial charge in [-0.05, 0) is 19.8 Å². The molecule has 0 saturated carbocycles. The van der Waals surface area contributed by atoms with Gasteiger partial charge in [0, 0.05) is 13.2 Å². The molecule has 3 nitrogen and oxygen atoms in total. The van der Waals surface area contributed by atoms with Crippen molar-refractivity contribution in [3.8, 4) is 0 Å². The highest BCUT2D eigenvalue weighted by Gasteiger charge is 2.14. The Kier molecular flexibility index (Phi) is 3.52. The van der Waals surface area contributed by atoms with Crippen LogP contribution in [0, 0.1) is 0 Å². The Morgan fingerprint density at radius 1 is 1.73 bits per heavy atom. The fourth-order valence-electron chi connectivity index (χ4n) is 1.21. The lowest BCUT2D eigenvalue weighted by Gasteiger charge is -2.08. The minimum atomic E-state index is 0.183. The monoisotopic (exact) mass is 157 g/mol. The van der Waals surface area contributed by atoms with Gasteiger partial charge >= 0.3 is 0 Å². The SMILES string of the molecule is CC(=O)CNCC1CCCO1. The van der Waals surface area contributed by atoms with Crippen LogP contribution in [-0.2, 0) is 9.53 Å². The van der Waals surface area contributed by atoms with Crippen molar-refractivity contribution < 1.29 is 9.53 Å². The molecule has 11 heavy (non-hydrogen) atoms. The van der Waals surface area contributed by atoms with Crippen molar-refractivity contribution >= 4 is 5.78 Å². The van der Waals surface area contributed by atoms with Crippen LogP contribution in [0.25, 0.3) is 0 Å². The second-order valence-electron chi connectivity index (χ2n) is 2.97. The third kappa shape index (κ3) is 3.49. The van der Waals surface area contributed by atoms with E-state index < -0.39 is 0 Å². The summed E-state index contributed by atoms with van der Waals surface area (Å²) < 4.78 is 5.36. The van der Waals surface area contributed by atoms with Crippen molar-refractivity contribution in [3.63, 3.8) is 0 Å². The molecule has 1 aliphatic heterocycles. The number of ketones is 1. The summed E-state index contributed by atoms with van der Waals surface area (Å²) in [5.74, 6) is 0.183. The molecule has 1 N–H and O–H groups in total. The van der Waals surface area contributed by atoms with E-state index in [1.807, 2.05) is 0 Å². The molecule has 3 heteroatoms. The number of carbonyl (C=O) groups excluding carboxylic acids is 1. The van der Waals surface area contributed by atoms with Crippen LogP contribution in [0.3, 0.4) is 0 Å². The minimum absolute atomic E-state index is 0.183. The Labute approximate surface area is 67.1 Å². The second kappa shape index (κ2) is 4.46. The van der Waals surface area contributed by atoms with Gasteiger partial charge in [-0.25, -0.2) is 0 Å². The average molecular weight is 157 g/mol. The predicted octanol–water partition coefficient (Wildman–Crippen LogP) is 0.344. The summed E-state index contributed by atoms with van der Waals surface area (Å²) in [7, 11) is 0. The normalized spacial score (nSPS) is 23.9. The van der Waals surface area contributed by atoms with E-state index in [1.165, 1.54) is 0 Å². The second-order valence-corrected chi connectivity index (χ2v) is 2.97. The number of carbonyl (C=O) groups is 1. The Morgan fingerprint density at radius 2 is 2.55 bits per heavy atom. The van der Waals surface area contributed by atoms with Crippen molar-refractivity contribution in [1.29, 1.82) is 0 Å². The molecule has 0 amide bonds. The van der Waals surface area contributed by atoms with Gasteiger partial charge in [-0.2, -0.15) is 0 Å². The van der Waals surface area contributed by atoms with Crippen molar-refractivity contribution in [2.75, 3.05) is 19.7 Å². The number of hydrogen-bond acceptors (Lipinski definition) is 3. The maximum atomic E-state index is 10.5. The Hall–Kier alpha value is -0.410. The van der Waals surface area contributed by atoms with Gasteiger partial charge in [0.05, 0.1) is 12.6 Å². The van der Waals surface area contributed by atoms with E-state index in [-0.39, 0.29) is 5.78 Å². The molecule has 1 heterocycles. The summed E-state index contributed by atoms with van der Waals surface area (Å²) in [6, 6.07) is 0. The van der Waals surface area contributed by atoms with E-state index in [1.54, 1.807) is 6.92 Å². The third-order valence-electron chi connectivity index (χ3n) is 1.77. The van der Waals surface area contributed by atoms with Crippen molar-refractivity contribution in [2.45, 2.75) is 25.9 Å². The van der Waals surface area contributed by atoms with Crippen molar-refractivity contribution in [2.24, 2.45) is 0 Å². The summed E-state index contributed by atoms with van der Waals surface area (Å²) in [6.07, 6.45) is 2.63. The molecule has 1 aliphatic rings. The maximum Gasteiger partial charge on any atom is 0.143 e. The molecule has 0 bridgehead atoms. The molecule has 1 unspecified atom stereocenters. The first-order valence-corrected chi connectivity index (χ1v) is 4.11. The fourth-order valence-corrected chi connectivity index (χ4v) is 1.21. The van der Waals surface area contributed by atoms with E-state index in [2.05, 4.69) is 5.32 Å². The summed E-state index contributed by atoms with van der Waals surface area (Å²) in [6.45, 7) is 3.76. The van der Waals surface area contributed by atoms with Crippen LogP contribution >= 0.6 is 0 Å². The molecule has 0 spiro atoms. The zero-order chi connectivity index (χ0) is 8.10. The van der Waals surface area contributed by atoms with Crippen LogP contribution in [-0.4, -0.2) is 31.6 Å². The highest BCUT2D eigenvalue weighted by Crippen LogP contribution is 2.10. The quantitative estimate of drug-likeness (QED) is 0.639. The van der Waals surface area contributed by atoms with E-state index >= 15 is 0 Å². The van der Waals surface area contributed by atoms with Crippen molar-refractivity contribution in [3.05, 3.63) is 0 Å². The lowest BCUT2D eigenvalue weighted by molar-refractivity contribution is -0.116. The maximum absolute atomic E-state index is 10.5. The van der Waals surface area contributed by atoms with Gasteiger partial charge in [-0.1, -0.05) is 0 Å². The van der Waals surface area contributed by atoms with Crippen LogP contribution in [0.4, 0.5) is 0 Å². The van der Waals surface area contributed by atoms with E-state index in [0.29, 0.717) is 12.6 Å². The van der Waals surface area contributed by atoms with Crippen LogP contribution in [0.2, 0.25) is 0 Å². The number of ether oxygens (including phenoxy) is 1. The van der Waals surface area contributed by atoms with E-state index in [4.69, 9.17) is 4.74 Å². The van der Waals surface area contributed by atoms with Gasteiger partial charge in [0.15, 0.2) is 0 Å². The fraction of sp³-hybridized carbons (Fsp3) is 0.875. The first kappa shape index (κ1) is 8.68. The van der Waals surface area contributed by atoms with Crippen LogP contribution in [0.5, 0.6) is 0 Å². The Morgan fingerprint density at radius 3 is 3.09 bits per heavy atom. The molecule has 0 aromatic carbocycles. The zero-order valence-corrected chi connectivity index (χ0v) is 6.93. The van der Waals surface area contributed by atoms with Crippen LogP contribution < -0.4 is 5.32 Å². The zero-order valence-electron chi connectivity index (χ0n) is 6.93. The molecule has 0 radical (unpaired) electrons. The van der Waals surface area contributed by atoms with Gasteiger partial charge in [-0.15, -0.1) is 0 Å². The van der Waals surface area contributed by atoms with Gasteiger partial charge in [0.2, 0.25) is 0 Å². The molecule has 64 valence electrons. The molecule has 0 aromatic rings. The lowest BCUT2D eigenvalue weighted by atomic mass is 10.2. The van der Waals surface area contributed by atoms with Crippen LogP contribution in [0.1, 0.15) is 19.8 Å². The molecule has 0 aliphatic carbocycles. The highest BCUT2D eigenvalue weighted by molar-refractivity contribution is 5.77. The minimum Gasteiger partial charge on any atom is -0.377 e.